The van der Waals surface area contributed by atoms with E-state index >= 15 is 0 Å². The quantitative estimate of drug-likeness (QED) is 0.777. The van der Waals surface area contributed by atoms with Crippen molar-refractivity contribution in [1.29, 1.82) is 0 Å². The van der Waals surface area contributed by atoms with Crippen molar-refractivity contribution >= 4 is 16.6 Å². The van der Waals surface area contributed by atoms with Gasteiger partial charge in [0.1, 0.15) is 5.82 Å². The molecule has 1 aliphatic rings. The standard InChI is InChI=1S/C21H23FN2O2/c1-15-5-6-20(22)19-7-9-24(21(15)19)17-4-2-3-16(13-17)23-10-12-26-14-18(23)8-11-25/h2-7,9,13,18,25H,8,10-12,14H2,1H3. The Morgan fingerprint density at radius 3 is 2.88 bits per heavy atom. The molecule has 1 saturated heterocycles. The summed E-state index contributed by atoms with van der Waals surface area (Å²) >= 11 is 0. The van der Waals surface area contributed by atoms with E-state index in [4.69, 9.17) is 4.74 Å². The summed E-state index contributed by atoms with van der Waals surface area (Å²) < 4.78 is 21.8. The van der Waals surface area contributed by atoms with Crippen LogP contribution in [-0.2, 0) is 4.74 Å². The number of halogens is 1. The summed E-state index contributed by atoms with van der Waals surface area (Å²) in [6, 6.07) is 13.6. The largest absolute Gasteiger partial charge is 0.396 e. The average molecular weight is 354 g/mol. The average Bonchev–Trinajstić information content (AvgIpc) is 3.12. The summed E-state index contributed by atoms with van der Waals surface area (Å²) in [4.78, 5) is 2.29. The number of hydrogen-bond donors (Lipinski definition) is 1. The van der Waals surface area contributed by atoms with E-state index in [1.165, 1.54) is 6.07 Å². The molecule has 1 unspecified atom stereocenters. The van der Waals surface area contributed by atoms with Crippen LogP contribution in [0.25, 0.3) is 16.6 Å². The summed E-state index contributed by atoms with van der Waals surface area (Å²) in [6.45, 7) is 4.25. The number of ether oxygens (including phenoxy) is 1. The van der Waals surface area contributed by atoms with Gasteiger partial charge in [0.2, 0.25) is 0 Å². The minimum Gasteiger partial charge on any atom is -0.396 e. The van der Waals surface area contributed by atoms with Crippen molar-refractivity contribution in [2.45, 2.75) is 19.4 Å². The number of rotatable bonds is 4. The van der Waals surface area contributed by atoms with Gasteiger partial charge in [0.25, 0.3) is 0 Å². The SMILES string of the molecule is Cc1ccc(F)c2ccn(-c3cccc(N4CCOCC4CCO)c3)c12. The van der Waals surface area contributed by atoms with Gasteiger partial charge in [0.05, 0.1) is 24.8 Å². The lowest BCUT2D eigenvalue weighted by Gasteiger charge is -2.37. The molecule has 1 N–H and O–H groups in total. The maximum absolute atomic E-state index is 14.1. The predicted octanol–water partition coefficient (Wildman–Crippen LogP) is 3.67. The first-order valence-electron chi connectivity index (χ1n) is 9.01. The minimum atomic E-state index is -0.198. The maximum atomic E-state index is 14.1. The molecule has 2 aromatic carbocycles. The normalized spacial score (nSPS) is 17.8. The highest BCUT2D eigenvalue weighted by atomic mass is 19.1. The number of nitrogens with zero attached hydrogens (tertiary/aromatic N) is 2. The molecular weight excluding hydrogens is 331 g/mol. The first-order chi connectivity index (χ1) is 12.7. The Morgan fingerprint density at radius 2 is 2.04 bits per heavy atom. The third-order valence-corrected chi connectivity index (χ3v) is 5.13. The Labute approximate surface area is 152 Å². The van der Waals surface area contributed by atoms with Gasteiger partial charge in [-0.3, -0.25) is 0 Å². The van der Waals surface area contributed by atoms with Crippen LogP contribution in [0.2, 0.25) is 0 Å². The minimum absolute atomic E-state index is 0.144. The zero-order valence-electron chi connectivity index (χ0n) is 14.9. The van der Waals surface area contributed by atoms with Gasteiger partial charge < -0.3 is 19.3 Å². The van der Waals surface area contributed by atoms with E-state index in [-0.39, 0.29) is 18.5 Å². The van der Waals surface area contributed by atoms with E-state index in [0.29, 0.717) is 25.0 Å². The van der Waals surface area contributed by atoms with Crippen LogP contribution >= 0.6 is 0 Å². The Kier molecular flexibility index (Phi) is 4.66. The molecule has 1 aromatic heterocycles. The molecule has 0 amide bonds. The predicted molar refractivity (Wildman–Crippen MR) is 102 cm³/mol. The summed E-state index contributed by atoms with van der Waals surface area (Å²) in [6.07, 6.45) is 2.60. The van der Waals surface area contributed by atoms with Gasteiger partial charge in [-0.05, 0) is 49.2 Å². The number of aromatic nitrogens is 1. The van der Waals surface area contributed by atoms with Crippen LogP contribution in [-0.4, -0.2) is 42.1 Å². The highest BCUT2D eigenvalue weighted by Gasteiger charge is 2.23. The molecule has 0 aliphatic carbocycles. The fourth-order valence-electron chi connectivity index (χ4n) is 3.81. The topological polar surface area (TPSA) is 37.6 Å². The molecular formula is C21H23FN2O2. The van der Waals surface area contributed by atoms with Crippen molar-refractivity contribution in [3.05, 3.63) is 60.0 Å². The van der Waals surface area contributed by atoms with Gasteiger partial charge in [0.15, 0.2) is 0 Å². The molecule has 4 rings (SSSR count). The highest BCUT2D eigenvalue weighted by molar-refractivity contribution is 5.85. The second-order valence-electron chi connectivity index (χ2n) is 6.77. The fourth-order valence-corrected chi connectivity index (χ4v) is 3.81. The Hall–Kier alpha value is -2.37. The molecule has 1 fully saturated rings. The van der Waals surface area contributed by atoms with Crippen LogP contribution < -0.4 is 4.90 Å². The molecule has 5 heteroatoms. The van der Waals surface area contributed by atoms with Gasteiger partial charge >= 0.3 is 0 Å². The molecule has 0 radical (unpaired) electrons. The Bertz CT molecular complexity index is 920. The summed E-state index contributed by atoms with van der Waals surface area (Å²) in [5, 5.41) is 9.98. The zero-order chi connectivity index (χ0) is 18.1. The van der Waals surface area contributed by atoms with Gasteiger partial charge in [-0.2, -0.15) is 0 Å². The van der Waals surface area contributed by atoms with E-state index in [1.54, 1.807) is 0 Å². The van der Waals surface area contributed by atoms with Crippen LogP contribution in [0, 0.1) is 12.7 Å². The van der Waals surface area contributed by atoms with E-state index in [0.717, 1.165) is 29.0 Å². The zero-order valence-corrected chi connectivity index (χ0v) is 14.9. The summed E-state index contributed by atoms with van der Waals surface area (Å²) in [5.41, 5.74) is 4.04. The molecule has 1 atom stereocenters. The number of fused-ring (bicyclic) bond motifs is 1. The van der Waals surface area contributed by atoms with E-state index < -0.39 is 0 Å². The number of aliphatic hydroxyl groups is 1. The highest BCUT2D eigenvalue weighted by Crippen LogP contribution is 2.29. The van der Waals surface area contributed by atoms with Crippen molar-refractivity contribution in [1.82, 2.24) is 4.57 Å². The lowest BCUT2D eigenvalue weighted by Crippen LogP contribution is -2.46. The number of hydrogen-bond acceptors (Lipinski definition) is 3. The van der Waals surface area contributed by atoms with Crippen molar-refractivity contribution in [3.63, 3.8) is 0 Å². The third-order valence-electron chi connectivity index (χ3n) is 5.13. The van der Waals surface area contributed by atoms with Crippen LogP contribution in [0.5, 0.6) is 0 Å². The van der Waals surface area contributed by atoms with Crippen LogP contribution in [0.1, 0.15) is 12.0 Å². The number of benzene rings is 2. The molecule has 136 valence electrons. The molecule has 0 bridgehead atoms. The number of aliphatic hydroxyl groups excluding tert-OH is 1. The van der Waals surface area contributed by atoms with Gasteiger partial charge in [-0.1, -0.05) is 12.1 Å². The molecule has 2 heterocycles. The van der Waals surface area contributed by atoms with Gasteiger partial charge in [0, 0.05) is 36.1 Å². The molecule has 4 nitrogen and oxygen atoms in total. The monoisotopic (exact) mass is 354 g/mol. The second kappa shape index (κ2) is 7.09. The van der Waals surface area contributed by atoms with Crippen LogP contribution in [0.4, 0.5) is 10.1 Å². The second-order valence-corrected chi connectivity index (χ2v) is 6.77. The van der Waals surface area contributed by atoms with Crippen LogP contribution in [0.15, 0.2) is 48.7 Å². The molecule has 0 spiro atoms. The maximum Gasteiger partial charge on any atom is 0.132 e. The van der Waals surface area contributed by atoms with Crippen molar-refractivity contribution in [2.24, 2.45) is 0 Å². The van der Waals surface area contributed by atoms with E-state index in [2.05, 4.69) is 17.0 Å². The lowest BCUT2D eigenvalue weighted by atomic mass is 10.1. The Morgan fingerprint density at radius 1 is 1.19 bits per heavy atom. The van der Waals surface area contributed by atoms with Gasteiger partial charge in [-0.15, -0.1) is 0 Å². The smallest absolute Gasteiger partial charge is 0.132 e. The molecule has 26 heavy (non-hydrogen) atoms. The Balaban J connectivity index is 1.76. The number of anilines is 1. The van der Waals surface area contributed by atoms with E-state index in [1.807, 2.05) is 42.0 Å². The molecule has 1 aliphatic heterocycles. The van der Waals surface area contributed by atoms with Gasteiger partial charge in [-0.25, -0.2) is 4.39 Å². The first-order valence-corrected chi connectivity index (χ1v) is 9.01. The number of morpholine rings is 1. The van der Waals surface area contributed by atoms with Crippen LogP contribution in [0.3, 0.4) is 0 Å². The van der Waals surface area contributed by atoms with Crippen molar-refractivity contribution < 1.29 is 14.2 Å². The molecule has 0 saturated carbocycles. The van der Waals surface area contributed by atoms with Crippen molar-refractivity contribution in [2.75, 3.05) is 31.3 Å². The third kappa shape index (κ3) is 2.97. The molecule has 3 aromatic rings. The summed E-state index contributed by atoms with van der Waals surface area (Å²) in [5.74, 6) is -0.198. The summed E-state index contributed by atoms with van der Waals surface area (Å²) in [7, 11) is 0. The first kappa shape index (κ1) is 17.1. The van der Waals surface area contributed by atoms with E-state index in [9.17, 15) is 9.50 Å². The van der Waals surface area contributed by atoms with Crippen molar-refractivity contribution in [3.8, 4) is 5.69 Å². The number of aryl methyl sites for hydroxylation is 1. The lowest BCUT2D eigenvalue weighted by molar-refractivity contribution is 0.0850. The fraction of sp³-hybridized carbons (Fsp3) is 0.333.